The zero-order valence-corrected chi connectivity index (χ0v) is 14.8. The highest BCUT2D eigenvalue weighted by Gasteiger charge is 2.53. The molecule has 134 valence electrons. The monoisotopic (exact) mass is 335 g/mol. The fourth-order valence-corrected chi connectivity index (χ4v) is 4.58. The third-order valence-electron chi connectivity index (χ3n) is 5.74. The van der Waals surface area contributed by atoms with Crippen LogP contribution in [0.15, 0.2) is 0 Å². The van der Waals surface area contributed by atoms with E-state index in [1.54, 1.807) is 0 Å². The van der Waals surface area contributed by atoms with Gasteiger partial charge in [-0.3, -0.25) is 14.4 Å². The summed E-state index contributed by atoms with van der Waals surface area (Å²) in [7, 11) is 0. The van der Waals surface area contributed by atoms with Crippen molar-refractivity contribution in [2.75, 3.05) is 19.6 Å². The third-order valence-corrected chi connectivity index (χ3v) is 5.74. The summed E-state index contributed by atoms with van der Waals surface area (Å²) >= 11 is 0. The van der Waals surface area contributed by atoms with Crippen LogP contribution in [-0.2, 0) is 14.4 Å². The van der Waals surface area contributed by atoms with E-state index in [2.05, 4.69) is 0 Å². The maximum absolute atomic E-state index is 12.9. The summed E-state index contributed by atoms with van der Waals surface area (Å²) in [4.78, 5) is 43.8. The number of rotatable bonds is 4. The van der Waals surface area contributed by atoms with Gasteiger partial charge in [-0.05, 0) is 32.1 Å². The van der Waals surface area contributed by atoms with E-state index in [1.807, 2.05) is 21.6 Å². The molecule has 6 heteroatoms. The Labute approximate surface area is 144 Å². The lowest BCUT2D eigenvalue weighted by atomic mass is 10.0. The van der Waals surface area contributed by atoms with Crippen LogP contribution in [-0.4, -0.2) is 57.8 Å². The summed E-state index contributed by atoms with van der Waals surface area (Å²) in [5.41, 5.74) is 0. The lowest BCUT2D eigenvalue weighted by molar-refractivity contribution is -0.195. The van der Waals surface area contributed by atoms with Gasteiger partial charge in [-0.15, -0.1) is 0 Å². The standard InChI is InChI=1S/C18H29N3O3/c1-2-18(21-14-8-11-17(21)24,20-13-7-5-10-16(20)23)19-12-6-3-4-9-15(19)22/h2-14H2,1H3. The van der Waals surface area contributed by atoms with Gasteiger partial charge in [-0.1, -0.05) is 13.3 Å². The molecule has 3 rings (SSSR count). The third kappa shape index (κ3) is 2.80. The zero-order valence-electron chi connectivity index (χ0n) is 14.8. The summed E-state index contributed by atoms with van der Waals surface area (Å²) < 4.78 is 0. The molecule has 6 nitrogen and oxygen atoms in total. The Bertz CT molecular complexity index is 522. The van der Waals surface area contributed by atoms with E-state index in [1.165, 1.54) is 0 Å². The number of carbonyl (C=O) groups is 3. The van der Waals surface area contributed by atoms with E-state index in [0.717, 1.165) is 38.5 Å². The largest absolute Gasteiger partial charge is 0.302 e. The first-order valence-corrected chi connectivity index (χ1v) is 9.52. The number of carbonyl (C=O) groups excluding carboxylic acids is 3. The average Bonchev–Trinajstić information content (AvgIpc) is 2.89. The number of hydrogen-bond donors (Lipinski definition) is 0. The highest BCUT2D eigenvalue weighted by atomic mass is 16.2. The number of nitrogens with zero attached hydrogens (tertiary/aromatic N) is 3. The quantitative estimate of drug-likeness (QED) is 0.790. The van der Waals surface area contributed by atoms with Gasteiger partial charge in [0.05, 0.1) is 0 Å². The van der Waals surface area contributed by atoms with Crippen LogP contribution in [0.2, 0.25) is 0 Å². The van der Waals surface area contributed by atoms with Crippen molar-refractivity contribution in [3.63, 3.8) is 0 Å². The van der Waals surface area contributed by atoms with Gasteiger partial charge in [0.15, 0.2) is 5.79 Å². The SMILES string of the molecule is CCC(N1CCCCCC1=O)(N1CCCCC1=O)N1CCCC1=O. The fourth-order valence-electron chi connectivity index (χ4n) is 4.58. The summed E-state index contributed by atoms with van der Waals surface area (Å²) in [6.45, 7) is 3.92. The first-order valence-electron chi connectivity index (χ1n) is 9.52. The Morgan fingerprint density at radius 2 is 1.08 bits per heavy atom. The molecule has 3 amide bonds. The molecule has 0 aromatic carbocycles. The minimum absolute atomic E-state index is 0.0762. The highest BCUT2D eigenvalue weighted by Crippen LogP contribution is 2.37. The summed E-state index contributed by atoms with van der Waals surface area (Å²) in [6, 6.07) is 0. The van der Waals surface area contributed by atoms with Crippen LogP contribution >= 0.6 is 0 Å². The van der Waals surface area contributed by atoms with Crippen molar-refractivity contribution < 1.29 is 14.4 Å². The molecule has 0 N–H and O–H groups in total. The van der Waals surface area contributed by atoms with Gasteiger partial charge < -0.3 is 14.7 Å². The van der Waals surface area contributed by atoms with Crippen molar-refractivity contribution in [2.45, 2.75) is 76.9 Å². The Hall–Kier alpha value is -1.59. The Kier molecular flexibility index (Phi) is 5.11. The predicted molar refractivity (Wildman–Crippen MR) is 89.7 cm³/mol. The molecule has 24 heavy (non-hydrogen) atoms. The van der Waals surface area contributed by atoms with Crippen molar-refractivity contribution in [3.05, 3.63) is 0 Å². The van der Waals surface area contributed by atoms with E-state index in [-0.39, 0.29) is 17.7 Å². The molecule has 1 unspecified atom stereocenters. The van der Waals surface area contributed by atoms with Crippen LogP contribution < -0.4 is 0 Å². The maximum atomic E-state index is 12.9. The maximum Gasteiger partial charge on any atom is 0.225 e. The molecule has 3 heterocycles. The second-order valence-corrected chi connectivity index (χ2v) is 7.14. The van der Waals surface area contributed by atoms with Crippen molar-refractivity contribution in [3.8, 4) is 0 Å². The minimum Gasteiger partial charge on any atom is -0.302 e. The topological polar surface area (TPSA) is 60.9 Å². The molecular formula is C18H29N3O3. The zero-order chi connectivity index (χ0) is 17.2. The van der Waals surface area contributed by atoms with E-state index in [9.17, 15) is 14.4 Å². The summed E-state index contributed by atoms with van der Waals surface area (Å²) in [6.07, 6.45) is 7.66. The van der Waals surface area contributed by atoms with Gasteiger partial charge in [0.25, 0.3) is 0 Å². The Balaban J connectivity index is 2.05. The number of piperidine rings is 1. The summed E-state index contributed by atoms with van der Waals surface area (Å²) in [5, 5.41) is 0. The van der Waals surface area contributed by atoms with Crippen molar-refractivity contribution >= 4 is 17.7 Å². The average molecular weight is 335 g/mol. The number of likely N-dealkylation sites (tertiary alicyclic amines) is 3. The van der Waals surface area contributed by atoms with Crippen molar-refractivity contribution in [2.24, 2.45) is 0 Å². The lowest BCUT2D eigenvalue weighted by Gasteiger charge is -2.55. The highest BCUT2D eigenvalue weighted by molar-refractivity contribution is 5.84. The van der Waals surface area contributed by atoms with Crippen molar-refractivity contribution in [1.29, 1.82) is 0 Å². The molecule has 0 spiro atoms. The molecule has 3 saturated heterocycles. The van der Waals surface area contributed by atoms with Crippen LogP contribution in [0.1, 0.15) is 71.1 Å². The van der Waals surface area contributed by atoms with Gasteiger partial charge >= 0.3 is 0 Å². The molecule has 0 aromatic heterocycles. The molecule has 3 aliphatic rings. The van der Waals surface area contributed by atoms with E-state index in [4.69, 9.17) is 0 Å². The Morgan fingerprint density at radius 3 is 1.54 bits per heavy atom. The minimum atomic E-state index is -0.882. The van der Waals surface area contributed by atoms with E-state index in [0.29, 0.717) is 45.3 Å². The number of amides is 3. The van der Waals surface area contributed by atoms with Crippen LogP contribution in [0, 0.1) is 0 Å². The lowest BCUT2D eigenvalue weighted by Crippen LogP contribution is -2.73. The molecule has 3 fully saturated rings. The van der Waals surface area contributed by atoms with Crippen LogP contribution in [0.3, 0.4) is 0 Å². The van der Waals surface area contributed by atoms with Crippen LogP contribution in [0.5, 0.6) is 0 Å². The fraction of sp³-hybridized carbons (Fsp3) is 0.833. The van der Waals surface area contributed by atoms with Gasteiger partial charge in [-0.2, -0.15) is 0 Å². The molecule has 1 atom stereocenters. The second kappa shape index (κ2) is 7.11. The molecule has 0 bridgehead atoms. The molecule has 0 aliphatic carbocycles. The van der Waals surface area contributed by atoms with E-state index >= 15 is 0 Å². The van der Waals surface area contributed by atoms with Gasteiger partial charge in [-0.25, -0.2) is 0 Å². The normalized spacial score (nSPS) is 25.9. The molecule has 0 radical (unpaired) electrons. The predicted octanol–water partition coefficient (Wildman–Crippen LogP) is 2.09. The first kappa shape index (κ1) is 17.2. The molecule has 0 saturated carbocycles. The molecular weight excluding hydrogens is 306 g/mol. The molecule has 0 aromatic rings. The smallest absolute Gasteiger partial charge is 0.225 e. The van der Waals surface area contributed by atoms with Gasteiger partial charge in [0, 0.05) is 45.3 Å². The van der Waals surface area contributed by atoms with Crippen LogP contribution in [0.4, 0.5) is 0 Å². The van der Waals surface area contributed by atoms with E-state index < -0.39 is 5.79 Å². The van der Waals surface area contributed by atoms with Crippen molar-refractivity contribution in [1.82, 2.24) is 14.7 Å². The first-order chi connectivity index (χ1) is 11.6. The Morgan fingerprint density at radius 1 is 0.667 bits per heavy atom. The number of hydrogen-bond acceptors (Lipinski definition) is 3. The second-order valence-electron chi connectivity index (χ2n) is 7.14. The van der Waals surface area contributed by atoms with Gasteiger partial charge in [0.1, 0.15) is 0 Å². The molecule has 3 aliphatic heterocycles. The summed E-state index contributed by atoms with van der Waals surface area (Å²) in [5.74, 6) is -0.633. The van der Waals surface area contributed by atoms with Gasteiger partial charge in [0.2, 0.25) is 17.7 Å². The van der Waals surface area contributed by atoms with Crippen LogP contribution in [0.25, 0.3) is 0 Å².